The van der Waals surface area contributed by atoms with Crippen LogP contribution in [-0.4, -0.2) is 35.1 Å². The number of carbonyl (C=O) groups excluding carboxylic acids is 1. The number of methoxy groups -OCH3 is 1. The number of hydrogen-bond donors (Lipinski definition) is 0. The molecule has 3 aromatic rings. The lowest BCUT2D eigenvalue weighted by molar-refractivity contribution is 0.0769. The van der Waals surface area contributed by atoms with Crippen molar-refractivity contribution < 1.29 is 18.4 Å². The lowest BCUT2D eigenvalue weighted by atomic mass is 10.2. The molecule has 134 valence electrons. The number of carbonyl (C=O) groups is 1. The molecule has 1 amide bonds. The van der Waals surface area contributed by atoms with E-state index in [1.54, 1.807) is 25.2 Å². The van der Waals surface area contributed by atoms with Crippen LogP contribution in [0, 0.1) is 5.82 Å². The molecule has 8 heteroatoms. The minimum atomic E-state index is -0.606. The fraction of sp³-hybridized carbons (Fsp3) is 0.167. The van der Waals surface area contributed by atoms with Crippen molar-refractivity contribution in [2.45, 2.75) is 6.54 Å². The van der Waals surface area contributed by atoms with Gasteiger partial charge in [-0.05, 0) is 30.3 Å². The monoisotopic (exact) mass is 375 g/mol. The van der Waals surface area contributed by atoms with E-state index in [9.17, 15) is 9.18 Å². The van der Waals surface area contributed by atoms with E-state index in [-0.39, 0.29) is 29.7 Å². The van der Waals surface area contributed by atoms with Crippen LogP contribution in [0.2, 0.25) is 5.02 Å². The molecule has 0 saturated heterocycles. The molecule has 6 nitrogen and oxygen atoms in total. The summed E-state index contributed by atoms with van der Waals surface area (Å²) in [6, 6.07) is 11.1. The molecule has 0 fully saturated rings. The number of rotatable bonds is 5. The van der Waals surface area contributed by atoms with E-state index in [1.165, 1.54) is 24.1 Å². The standard InChI is InChI=1S/C18H15ClFN3O3/c1-23(18(24)11-7-8-15(25-2)14(20)9-11)10-16-21-17(22-26-16)12-5-3-4-6-13(12)19/h3-9H,10H2,1-2H3. The Morgan fingerprint density at radius 3 is 2.77 bits per heavy atom. The van der Waals surface area contributed by atoms with Crippen LogP contribution in [-0.2, 0) is 6.54 Å². The highest BCUT2D eigenvalue weighted by molar-refractivity contribution is 6.33. The lowest BCUT2D eigenvalue weighted by Crippen LogP contribution is -2.26. The Balaban J connectivity index is 1.74. The Morgan fingerprint density at radius 2 is 2.08 bits per heavy atom. The largest absolute Gasteiger partial charge is 0.494 e. The molecule has 0 N–H and O–H groups in total. The maximum Gasteiger partial charge on any atom is 0.254 e. The fourth-order valence-electron chi connectivity index (χ4n) is 2.37. The van der Waals surface area contributed by atoms with Crippen LogP contribution in [0.25, 0.3) is 11.4 Å². The third-order valence-electron chi connectivity index (χ3n) is 3.70. The maximum atomic E-state index is 13.8. The molecule has 0 atom stereocenters. The van der Waals surface area contributed by atoms with Gasteiger partial charge in [-0.2, -0.15) is 4.98 Å². The van der Waals surface area contributed by atoms with Gasteiger partial charge in [0.25, 0.3) is 5.91 Å². The topological polar surface area (TPSA) is 68.5 Å². The van der Waals surface area contributed by atoms with Crippen molar-refractivity contribution in [3.63, 3.8) is 0 Å². The molecular formula is C18H15ClFN3O3. The fourth-order valence-corrected chi connectivity index (χ4v) is 2.59. The van der Waals surface area contributed by atoms with Gasteiger partial charge in [-0.15, -0.1) is 0 Å². The molecule has 0 radical (unpaired) electrons. The van der Waals surface area contributed by atoms with Gasteiger partial charge in [0, 0.05) is 18.2 Å². The van der Waals surface area contributed by atoms with E-state index in [0.29, 0.717) is 16.4 Å². The first-order valence-corrected chi connectivity index (χ1v) is 8.04. The van der Waals surface area contributed by atoms with E-state index in [4.69, 9.17) is 20.9 Å². The number of aromatic nitrogens is 2. The average Bonchev–Trinajstić information content (AvgIpc) is 3.09. The van der Waals surface area contributed by atoms with Gasteiger partial charge in [0.1, 0.15) is 0 Å². The predicted octanol–water partition coefficient (Wildman–Crippen LogP) is 3.81. The maximum absolute atomic E-state index is 13.8. The highest BCUT2D eigenvalue weighted by Crippen LogP contribution is 2.25. The predicted molar refractivity (Wildman–Crippen MR) is 93.5 cm³/mol. The second-order valence-corrected chi connectivity index (χ2v) is 5.91. The van der Waals surface area contributed by atoms with Gasteiger partial charge in [-0.3, -0.25) is 4.79 Å². The molecule has 1 heterocycles. The van der Waals surface area contributed by atoms with Crippen molar-refractivity contribution in [2.75, 3.05) is 14.2 Å². The first kappa shape index (κ1) is 17.9. The molecule has 0 spiro atoms. The normalized spacial score (nSPS) is 10.6. The Bertz CT molecular complexity index is 945. The van der Waals surface area contributed by atoms with Gasteiger partial charge in [0.2, 0.25) is 11.7 Å². The zero-order valence-electron chi connectivity index (χ0n) is 14.1. The molecule has 0 aliphatic rings. The molecule has 0 aliphatic carbocycles. The first-order valence-electron chi connectivity index (χ1n) is 7.66. The van der Waals surface area contributed by atoms with E-state index in [0.717, 1.165) is 6.07 Å². The third-order valence-corrected chi connectivity index (χ3v) is 4.03. The van der Waals surface area contributed by atoms with Gasteiger partial charge in [-0.25, -0.2) is 4.39 Å². The molecule has 0 saturated carbocycles. The average molecular weight is 376 g/mol. The van der Waals surface area contributed by atoms with Crippen molar-refractivity contribution in [1.82, 2.24) is 15.0 Å². The van der Waals surface area contributed by atoms with Crippen LogP contribution < -0.4 is 4.74 Å². The highest BCUT2D eigenvalue weighted by Gasteiger charge is 2.18. The second kappa shape index (κ2) is 7.53. The van der Waals surface area contributed by atoms with Crippen molar-refractivity contribution in [1.29, 1.82) is 0 Å². The molecule has 1 aromatic heterocycles. The Hall–Kier alpha value is -2.93. The smallest absolute Gasteiger partial charge is 0.254 e. The number of hydrogen-bond acceptors (Lipinski definition) is 5. The Labute approximate surface area is 154 Å². The Morgan fingerprint density at radius 1 is 1.31 bits per heavy atom. The van der Waals surface area contributed by atoms with Gasteiger partial charge in [-0.1, -0.05) is 28.9 Å². The minimum Gasteiger partial charge on any atom is -0.494 e. The summed E-state index contributed by atoms with van der Waals surface area (Å²) in [6.45, 7) is 0.0733. The highest BCUT2D eigenvalue weighted by atomic mass is 35.5. The second-order valence-electron chi connectivity index (χ2n) is 5.50. The summed E-state index contributed by atoms with van der Waals surface area (Å²) in [5.74, 6) is -0.341. The number of halogens is 2. The summed E-state index contributed by atoms with van der Waals surface area (Å²) < 4.78 is 23.8. The van der Waals surface area contributed by atoms with Crippen LogP contribution in [0.4, 0.5) is 4.39 Å². The number of amides is 1. The molecule has 0 bridgehead atoms. The molecule has 0 aliphatic heterocycles. The van der Waals surface area contributed by atoms with Crippen LogP contribution in [0.1, 0.15) is 16.2 Å². The molecule has 3 rings (SSSR count). The van der Waals surface area contributed by atoms with Crippen molar-refractivity contribution in [3.8, 4) is 17.1 Å². The van der Waals surface area contributed by atoms with Crippen LogP contribution in [0.3, 0.4) is 0 Å². The quantitative estimate of drug-likeness (QED) is 0.678. The van der Waals surface area contributed by atoms with Crippen LogP contribution >= 0.6 is 11.6 Å². The van der Waals surface area contributed by atoms with E-state index < -0.39 is 5.82 Å². The summed E-state index contributed by atoms with van der Waals surface area (Å²) >= 11 is 6.11. The number of nitrogens with zero attached hydrogens (tertiary/aromatic N) is 3. The summed E-state index contributed by atoms with van der Waals surface area (Å²) in [6.07, 6.45) is 0. The van der Waals surface area contributed by atoms with Crippen LogP contribution in [0.15, 0.2) is 47.0 Å². The van der Waals surface area contributed by atoms with Crippen molar-refractivity contribution in [2.24, 2.45) is 0 Å². The van der Waals surface area contributed by atoms with Crippen molar-refractivity contribution in [3.05, 3.63) is 64.8 Å². The molecule has 0 unspecified atom stereocenters. The Kier molecular flexibility index (Phi) is 5.18. The van der Waals surface area contributed by atoms with E-state index in [2.05, 4.69) is 10.1 Å². The summed E-state index contributed by atoms with van der Waals surface area (Å²) in [4.78, 5) is 18.0. The lowest BCUT2D eigenvalue weighted by Gasteiger charge is -2.15. The van der Waals surface area contributed by atoms with E-state index in [1.807, 2.05) is 6.07 Å². The van der Waals surface area contributed by atoms with Crippen LogP contribution in [0.5, 0.6) is 5.75 Å². The minimum absolute atomic E-state index is 0.0733. The summed E-state index contributed by atoms with van der Waals surface area (Å²) in [5.41, 5.74) is 0.826. The zero-order valence-corrected chi connectivity index (χ0v) is 14.8. The zero-order chi connectivity index (χ0) is 18.7. The number of ether oxygens (including phenoxy) is 1. The number of benzene rings is 2. The SMILES string of the molecule is COc1ccc(C(=O)N(C)Cc2nc(-c3ccccc3Cl)no2)cc1F. The molecular weight excluding hydrogens is 361 g/mol. The molecule has 2 aromatic carbocycles. The third kappa shape index (κ3) is 3.67. The van der Waals surface area contributed by atoms with Gasteiger partial charge >= 0.3 is 0 Å². The van der Waals surface area contributed by atoms with Gasteiger partial charge in [0.15, 0.2) is 11.6 Å². The first-order chi connectivity index (χ1) is 12.5. The van der Waals surface area contributed by atoms with E-state index >= 15 is 0 Å². The van der Waals surface area contributed by atoms with Gasteiger partial charge in [0.05, 0.1) is 18.7 Å². The molecule has 26 heavy (non-hydrogen) atoms. The summed E-state index contributed by atoms with van der Waals surface area (Å²) in [7, 11) is 2.92. The summed E-state index contributed by atoms with van der Waals surface area (Å²) in [5, 5.41) is 4.38. The van der Waals surface area contributed by atoms with Gasteiger partial charge < -0.3 is 14.2 Å². The van der Waals surface area contributed by atoms with Crippen molar-refractivity contribution >= 4 is 17.5 Å².